The molecule has 2 atom stereocenters. The topological polar surface area (TPSA) is 46.2 Å². The van der Waals surface area contributed by atoms with Crippen LogP contribution in [0.1, 0.15) is 27.2 Å². The van der Waals surface area contributed by atoms with E-state index in [1.165, 1.54) is 0 Å². The monoisotopic (exact) mass is 189 g/mol. The Morgan fingerprint density at radius 3 is 2.58 bits per heavy atom. The number of hydrogen-bond donors (Lipinski definition) is 2. The molecule has 1 fully saturated rings. The molecular weight excluding hydrogens is 170 g/mol. The Morgan fingerprint density at radius 1 is 1.67 bits per heavy atom. The third-order valence-electron chi connectivity index (χ3n) is 2.88. The summed E-state index contributed by atoms with van der Waals surface area (Å²) >= 11 is 1.93. The van der Waals surface area contributed by atoms with Gasteiger partial charge in [-0.15, -0.1) is 0 Å². The first-order valence-corrected chi connectivity index (χ1v) is 5.45. The van der Waals surface area contributed by atoms with E-state index in [-0.39, 0.29) is 4.75 Å². The van der Waals surface area contributed by atoms with Crippen molar-refractivity contribution < 1.29 is 5.11 Å². The number of nitrogens with two attached hydrogens (primary N) is 1. The van der Waals surface area contributed by atoms with Gasteiger partial charge >= 0.3 is 0 Å². The van der Waals surface area contributed by atoms with Crippen LogP contribution < -0.4 is 5.73 Å². The molecule has 3 N–H and O–H groups in total. The predicted molar refractivity (Wildman–Crippen MR) is 54.3 cm³/mol. The first-order valence-electron chi connectivity index (χ1n) is 4.46. The summed E-state index contributed by atoms with van der Waals surface area (Å²) in [5.74, 6) is 1.48. The maximum Gasteiger partial charge on any atom is 0.0782 e. The molecule has 0 aliphatic carbocycles. The maximum atomic E-state index is 10.0. The van der Waals surface area contributed by atoms with Crippen LogP contribution in [0.2, 0.25) is 0 Å². The van der Waals surface area contributed by atoms with Gasteiger partial charge in [-0.25, -0.2) is 0 Å². The van der Waals surface area contributed by atoms with Crippen LogP contribution in [0.15, 0.2) is 0 Å². The number of rotatable bonds is 2. The lowest BCUT2D eigenvalue weighted by molar-refractivity contribution is -0.00262. The highest BCUT2D eigenvalue weighted by Gasteiger charge is 2.45. The predicted octanol–water partition coefficient (Wildman–Crippen LogP) is 1.23. The van der Waals surface area contributed by atoms with E-state index >= 15 is 0 Å². The first kappa shape index (κ1) is 10.4. The van der Waals surface area contributed by atoms with Gasteiger partial charge < -0.3 is 10.8 Å². The minimum absolute atomic E-state index is 0.183. The number of thioether (sulfide) groups is 1. The molecule has 0 aromatic heterocycles. The average molecular weight is 189 g/mol. The summed E-state index contributed by atoms with van der Waals surface area (Å²) in [6.45, 7) is 6.60. The van der Waals surface area contributed by atoms with Gasteiger partial charge in [-0.05, 0) is 19.1 Å². The minimum atomic E-state index is -0.687. The molecular formula is C9H19NOS. The molecule has 0 saturated carbocycles. The van der Waals surface area contributed by atoms with Gasteiger partial charge in [0.05, 0.1) is 5.60 Å². The van der Waals surface area contributed by atoms with Crippen molar-refractivity contribution in [1.29, 1.82) is 0 Å². The lowest BCUT2D eigenvalue weighted by atomic mass is 9.79. The summed E-state index contributed by atoms with van der Waals surface area (Å²) < 4.78 is 0.183. The highest BCUT2D eigenvalue weighted by Crippen LogP contribution is 2.46. The van der Waals surface area contributed by atoms with E-state index in [0.717, 1.165) is 12.2 Å². The number of hydrogen-bond acceptors (Lipinski definition) is 3. The zero-order chi connectivity index (χ0) is 9.41. The summed E-state index contributed by atoms with van der Waals surface area (Å²) in [6.07, 6.45) is 1.09. The molecule has 0 aromatic carbocycles. The second-order valence-electron chi connectivity index (χ2n) is 4.35. The first-order chi connectivity index (χ1) is 5.40. The molecule has 0 spiro atoms. The van der Waals surface area contributed by atoms with Gasteiger partial charge in [0.25, 0.3) is 0 Å². The van der Waals surface area contributed by atoms with E-state index in [1.807, 2.05) is 18.7 Å². The van der Waals surface area contributed by atoms with E-state index in [1.54, 1.807) is 0 Å². The van der Waals surface area contributed by atoms with Crippen LogP contribution in [-0.2, 0) is 0 Å². The summed E-state index contributed by atoms with van der Waals surface area (Å²) in [7, 11) is 0. The van der Waals surface area contributed by atoms with Crippen molar-refractivity contribution in [2.75, 3.05) is 12.3 Å². The van der Waals surface area contributed by atoms with Crippen LogP contribution >= 0.6 is 11.8 Å². The molecule has 1 aliphatic rings. The molecule has 3 heteroatoms. The molecule has 12 heavy (non-hydrogen) atoms. The number of aliphatic hydroxyl groups is 1. The quantitative estimate of drug-likeness (QED) is 0.687. The molecule has 0 bridgehead atoms. The largest absolute Gasteiger partial charge is 0.389 e. The molecule has 1 saturated heterocycles. The Labute approximate surface area is 78.9 Å². The molecule has 2 unspecified atom stereocenters. The van der Waals surface area contributed by atoms with Gasteiger partial charge in [0, 0.05) is 17.2 Å². The highest BCUT2D eigenvalue weighted by molar-refractivity contribution is 8.00. The Kier molecular flexibility index (Phi) is 2.76. The lowest BCUT2D eigenvalue weighted by Gasteiger charge is -2.37. The third kappa shape index (κ3) is 1.78. The lowest BCUT2D eigenvalue weighted by Crippen LogP contribution is -2.48. The summed E-state index contributed by atoms with van der Waals surface area (Å²) in [5.41, 5.74) is 4.86. The fraction of sp³-hybridized carbons (Fsp3) is 1.00. The average Bonchev–Trinajstić information content (AvgIpc) is 2.30. The Hall–Kier alpha value is 0.270. The van der Waals surface area contributed by atoms with Gasteiger partial charge in [0.2, 0.25) is 0 Å². The van der Waals surface area contributed by atoms with Gasteiger partial charge in [-0.1, -0.05) is 13.8 Å². The van der Waals surface area contributed by atoms with Crippen molar-refractivity contribution in [2.45, 2.75) is 37.5 Å². The second kappa shape index (κ2) is 3.20. The second-order valence-corrected chi connectivity index (χ2v) is 6.10. The van der Waals surface area contributed by atoms with Crippen LogP contribution in [0.3, 0.4) is 0 Å². The van der Waals surface area contributed by atoms with Crippen LogP contribution in [0.25, 0.3) is 0 Å². The Bertz CT molecular complexity index is 168. The van der Waals surface area contributed by atoms with Gasteiger partial charge in [0.1, 0.15) is 0 Å². The molecule has 1 rings (SSSR count). The fourth-order valence-corrected chi connectivity index (χ4v) is 3.54. The van der Waals surface area contributed by atoms with E-state index < -0.39 is 5.60 Å². The van der Waals surface area contributed by atoms with Crippen LogP contribution in [0, 0.1) is 5.92 Å². The molecule has 1 aliphatic heterocycles. The third-order valence-corrected chi connectivity index (χ3v) is 4.35. The van der Waals surface area contributed by atoms with E-state index in [2.05, 4.69) is 13.8 Å². The molecule has 0 radical (unpaired) electrons. The van der Waals surface area contributed by atoms with Gasteiger partial charge in [-0.2, -0.15) is 11.8 Å². The van der Waals surface area contributed by atoms with Gasteiger partial charge in [-0.3, -0.25) is 0 Å². The van der Waals surface area contributed by atoms with E-state index in [0.29, 0.717) is 12.5 Å². The molecule has 1 heterocycles. The molecule has 0 aromatic rings. The highest BCUT2D eigenvalue weighted by atomic mass is 32.2. The van der Waals surface area contributed by atoms with Crippen LogP contribution in [-0.4, -0.2) is 27.8 Å². The fourth-order valence-electron chi connectivity index (χ4n) is 2.09. The summed E-state index contributed by atoms with van der Waals surface area (Å²) in [4.78, 5) is 0. The molecule has 0 amide bonds. The van der Waals surface area contributed by atoms with Crippen molar-refractivity contribution >= 4 is 11.8 Å². The van der Waals surface area contributed by atoms with E-state index in [9.17, 15) is 5.11 Å². The SMILES string of the molecule is CC(O)(CN)C1CCSC1(C)C. The maximum absolute atomic E-state index is 10.0. The zero-order valence-corrected chi connectivity index (χ0v) is 8.95. The Balaban J connectivity index is 2.74. The smallest absolute Gasteiger partial charge is 0.0782 e. The minimum Gasteiger partial charge on any atom is -0.389 e. The summed E-state index contributed by atoms with van der Waals surface area (Å²) in [5, 5.41) is 10.0. The van der Waals surface area contributed by atoms with Crippen molar-refractivity contribution in [3.8, 4) is 0 Å². The van der Waals surface area contributed by atoms with Crippen LogP contribution in [0.5, 0.6) is 0 Å². The Morgan fingerprint density at radius 2 is 2.25 bits per heavy atom. The summed E-state index contributed by atoms with van der Waals surface area (Å²) in [6, 6.07) is 0. The molecule has 2 nitrogen and oxygen atoms in total. The van der Waals surface area contributed by atoms with Crippen molar-refractivity contribution in [3.05, 3.63) is 0 Å². The van der Waals surface area contributed by atoms with Crippen molar-refractivity contribution in [2.24, 2.45) is 11.7 Å². The normalized spacial score (nSPS) is 33.2. The zero-order valence-electron chi connectivity index (χ0n) is 8.13. The van der Waals surface area contributed by atoms with Crippen molar-refractivity contribution in [1.82, 2.24) is 0 Å². The van der Waals surface area contributed by atoms with E-state index in [4.69, 9.17) is 5.73 Å². The van der Waals surface area contributed by atoms with Crippen LogP contribution in [0.4, 0.5) is 0 Å². The molecule has 72 valence electrons. The standard InChI is InChI=1S/C9H19NOS/c1-8(2)7(4-5-12-8)9(3,11)6-10/h7,11H,4-6,10H2,1-3H3. The van der Waals surface area contributed by atoms with Gasteiger partial charge in [0.15, 0.2) is 0 Å². The van der Waals surface area contributed by atoms with Crippen molar-refractivity contribution in [3.63, 3.8) is 0 Å².